The number of hydrogen-bond donors (Lipinski definition) is 0. The normalized spacial score (nSPS) is 21.7. The Bertz CT molecular complexity index is 832. The molecular weight excluding hydrogens is 346 g/mol. The molecule has 1 aliphatic rings. The van der Waals surface area contributed by atoms with Crippen LogP contribution in [0.2, 0.25) is 0 Å². The first kappa shape index (κ1) is 20.1. The molecule has 28 heavy (non-hydrogen) atoms. The fourth-order valence-electron chi connectivity index (χ4n) is 4.14. The van der Waals surface area contributed by atoms with E-state index in [1.807, 2.05) is 24.3 Å². The predicted octanol–water partition coefficient (Wildman–Crippen LogP) is 6.32. The van der Waals surface area contributed by atoms with Crippen LogP contribution >= 0.6 is 0 Å². The minimum absolute atomic E-state index is 0.398. The molecule has 1 aliphatic carbocycles. The van der Waals surface area contributed by atoms with E-state index >= 15 is 0 Å². The molecule has 1 saturated carbocycles. The topological polar surface area (TPSA) is 50.1 Å². The van der Waals surface area contributed by atoms with Gasteiger partial charge in [-0.25, -0.2) is 4.79 Å². The van der Waals surface area contributed by atoms with Crippen LogP contribution in [0.3, 0.4) is 0 Å². The van der Waals surface area contributed by atoms with Crippen LogP contribution in [0.25, 0.3) is 11.1 Å². The quantitative estimate of drug-likeness (QED) is 0.438. The van der Waals surface area contributed by atoms with E-state index in [9.17, 15) is 10.1 Å². The summed E-state index contributed by atoms with van der Waals surface area (Å²) in [6.07, 6.45) is 6.45. The third-order valence-electron chi connectivity index (χ3n) is 5.93. The van der Waals surface area contributed by atoms with Crippen LogP contribution in [0.5, 0.6) is 5.75 Å². The summed E-state index contributed by atoms with van der Waals surface area (Å²) in [5.41, 5.74) is 2.58. The molecule has 0 aliphatic heterocycles. The lowest BCUT2D eigenvalue weighted by Gasteiger charge is -2.33. The van der Waals surface area contributed by atoms with Crippen LogP contribution < -0.4 is 4.74 Å². The summed E-state index contributed by atoms with van der Waals surface area (Å²) >= 11 is 0. The zero-order valence-electron chi connectivity index (χ0n) is 16.9. The molecule has 2 unspecified atom stereocenters. The Hall–Kier alpha value is -2.60. The minimum Gasteiger partial charge on any atom is -0.425 e. The van der Waals surface area contributed by atoms with Gasteiger partial charge in [0.25, 0.3) is 0 Å². The van der Waals surface area contributed by atoms with E-state index in [1.165, 1.54) is 5.56 Å². The van der Waals surface area contributed by atoms with E-state index in [2.05, 4.69) is 44.2 Å². The van der Waals surface area contributed by atoms with Gasteiger partial charge in [-0.15, -0.1) is 0 Å². The van der Waals surface area contributed by atoms with Crippen molar-refractivity contribution in [1.29, 1.82) is 5.26 Å². The second-order valence-electron chi connectivity index (χ2n) is 7.93. The Balaban J connectivity index is 1.69. The van der Waals surface area contributed by atoms with Gasteiger partial charge in [0.2, 0.25) is 0 Å². The highest BCUT2D eigenvalue weighted by Crippen LogP contribution is 2.41. The molecule has 0 bridgehead atoms. The van der Waals surface area contributed by atoms with Gasteiger partial charge in [-0.05, 0) is 54.0 Å². The summed E-state index contributed by atoms with van der Waals surface area (Å²) < 4.78 is 5.62. The molecule has 2 aromatic rings. The highest BCUT2D eigenvalue weighted by atomic mass is 16.5. The van der Waals surface area contributed by atoms with Crippen molar-refractivity contribution in [2.24, 2.45) is 11.3 Å². The van der Waals surface area contributed by atoms with Gasteiger partial charge in [0.1, 0.15) is 5.75 Å². The molecule has 3 heteroatoms. The van der Waals surface area contributed by atoms with Crippen molar-refractivity contribution in [3.63, 3.8) is 0 Å². The maximum atomic E-state index is 12.8. The molecule has 0 heterocycles. The predicted molar refractivity (Wildman–Crippen MR) is 112 cm³/mol. The number of nitrogens with zero attached hydrogens (tertiary/aromatic N) is 1. The number of hydrogen-bond acceptors (Lipinski definition) is 3. The average molecular weight is 376 g/mol. The molecule has 146 valence electrons. The van der Waals surface area contributed by atoms with Crippen molar-refractivity contribution in [1.82, 2.24) is 0 Å². The fraction of sp³-hybridized carbons (Fsp3) is 0.440. The van der Waals surface area contributed by atoms with E-state index in [1.54, 1.807) is 0 Å². The van der Waals surface area contributed by atoms with Gasteiger partial charge in [0.15, 0.2) is 5.41 Å². The first-order valence-corrected chi connectivity index (χ1v) is 10.4. The molecule has 0 spiro atoms. The molecule has 2 aromatic carbocycles. The molecule has 3 rings (SSSR count). The highest BCUT2D eigenvalue weighted by Gasteiger charge is 2.44. The smallest absolute Gasteiger partial charge is 0.331 e. The molecule has 2 atom stereocenters. The summed E-state index contributed by atoms with van der Waals surface area (Å²) in [5, 5.41) is 9.71. The summed E-state index contributed by atoms with van der Waals surface area (Å²) in [6.45, 7) is 4.30. The van der Waals surface area contributed by atoms with Gasteiger partial charge in [0, 0.05) is 0 Å². The SMILES string of the molecule is CCCc1ccc(-c2ccc(OC(=O)C3(C#N)CCCC(CC)C3)cc2)cc1. The summed E-state index contributed by atoms with van der Waals surface area (Å²) in [7, 11) is 0. The third-order valence-corrected chi connectivity index (χ3v) is 5.93. The van der Waals surface area contributed by atoms with E-state index in [0.717, 1.165) is 43.2 Å². The van der Waals surface area contributed by atoms with Gasteiger partial charge in [-0.3, -0.25) is 0 Å². The summed E-state index contributed by atoms with van der Waals surface area (Å²) in [6, 6.07) is 18.4. The number of nitriles is 1. The second-order valence-corrected chi connectivity index (χ2v) is 7.93. The first-order chi connectivity index (χ1) is 13.6. The molecule has 1 fully saturated rings. The van der Waals surface area contributed by atoms with E-state index < -0.39 is 11.4 Å². The summed E-state index contributed by atoms with van der Waals surface area (Å²) in [4.78, 5) is 12.8. The van der Waals surface area contributed by atoms with E-state index in [4.69, 9.17) is 4.74 Å². The summed E-state index contributed by atoms with van der Waals surface area (Å²) in [5.74, 6) is 0.536. The first-order valence-electron chi connectivity index (χ1n) is 10.4. The molecule has 3 nitrogen and oxygen atoms in total. The molecule has 0 N–H and O–H groups in total. The Morgan fingerprint density at radius 2 is 1.75 bits per heavy atom. The fourth-order valence-corrected chi connectivity index (χ4v) is 4.14. The standard InChI is InChI=1S/C25H29NO2/c1-3-6-20-8-10-21(11-9-20)22-12-14-23(15-13-22)28-24(27)25(18-26)16-5-7-19(4-2)17-25/h8-15,19H,3-7,16-17H2,1-2H3. The largest absolute Gasteiger partial charge is 0.425 e. The Labute approximate surface area is 168 Å². The second kappa shape index (κ2) is 9.06. The zero-order chi connectivity index (χ0) is 20.0. The Kier molecular flexibility index (Phi) is 6.52. The van der Waals surface area contributed by atoms with Gasteiger partial charge >= 0.3 is 5.97 Å². The van der Waals surface area contributed by atoms with Crippen LogP contribution in [0.1, 0.15) is 57.9 Å². The molecule has 0 aromatic heterocycles. The van der Waals surface area contributed by atoms with Crippen LogP contribution in [0.15, 0.2) is 48.5 Å². The third kappa shape index (κ3) is 4.44. The average Bonchev–Trinajstić information content (AvgIpc) is 2.75. The van der Waals surface area contributed by atoms with Crippen molar-refractivity contribution in [2.75, 3.05) is 0 Å². The monoisotopic (exact) mass is 375 g/mol. The number of aryl methyl sites for hydroxylation is 1. The molecule has 0 saturated heterocycles. The van der Waals surface area contributed by atoms with Gasteiger partial charge in [-0.1, -0.05) is 75.9 Å². The van der Waals surface area contributed by atoms with Crippen LogP contribution in [0.4, 0.5) is 0 Å². The molecular formula is C25H29NO2. The lowest BCUT2D eigenvalue weighted by molar-refractivity contribution is -0.145. The van der Waals surface area contributed by atoms with Gasteiger partial charge < -0.3 is 4.74 Å². The van der Waals surface area contributed by atoms with Crippen LogP contribution in [0, 0.1) is 22.7 Å². The number of ether oxygens (including phenoxy) is 1. The van der Waals surface area contributed by atoms with Crippen molar-refractivity contribution < 1.29 is 9.53 Å². The van der Waals surface area contributed by atoms with E-state index in [0.29, 0.717) is 24.5 Å². The number of esters is 1. The van der Waals surface area contributed by atoms with Crippen LogP contribution in [-0.2, 0) is 11.2 Å². The van der Waals surface area contributed by atoms with Crippen molar-refractivity contribution in [2.45, 2.75) is 58.8 Å². The van der Waals surface area contributed by atoms with E-state index in [-0.39, 0.29) is 0 Å². The zero-order valence-corrected chi connectivity index (χ0v) is 16.9. The molecule has 0 radical (unpaired) electrons. The van der Waals surface area contributed by atoms with Gasteiger partial charge in [0.05, 0.1) is 6.07 Å². The highest BCUT2D eigenvalue weighted by molar-refractivity contribution is 5.82. The Morgan fingerprint density at radius 3 is 2.32 bits per heavy atom. The lowest BCUT2D eigenvalue weighted by atomic mass is 9.70. The minimum atomic E-state index is -0.993. The molecule has 0 amide bonds. The number of benzene rings is 2. The number of rotatable bonds is 6. The van der Waals surface area contributed by atoms with Crippen molar-refractivity contribution >= 4 is 5.97 Å². The maximum Gasteiger partial charge on any atom is 0.331 e. The van der Waals surface area contributed by atoms with Crippen molar-refractivity contribution in [3.8, 4) is 22.9 Å². The number of carbonyl (C=O) groups is 1. The van der Waals surface area contributed by atoms with Crippen molar-refractivity contribution in [3.05, 3.63) is 54.1 Å². The maximum absolute atomic E-state index is 12.8. The number of carbonyl (C=O) groups excluding carboxylic acids is 1. The van der Waals surface area contributed by atoms with Gasteiger partial charge in [-0.2, -0.15) is 5.26 Å². The lowest BCUT2D eigenvalue weighted by Crippen LogP contribution is -2.38. The Morgan fingerprint density at radius 1 is 1.11 bits per heavy atom. The van der Waals surface area contributed by atoms with Crippen LogP contribution in [-0.4, -0.2) is 5.97 Å².